The number of rotatable bonds is 12. The molecule has 4 amide bonds. The molecule has 4 atom stereocenters. The summed E-state index contributed by atoms with van der Waals surface area (Å²) in [6.45, 7) is 4.51. The van der Waals surface area contributed by atoms with Crippen molar-refractivity contribution in [1.82, 2.24) is 26.6 Å². The maximum absolute atomic E-state index is 12.6. The molecule has 0 spiro atoms. The van der Waals surface area contributed by atoms with E-state index in [9.17, 15) is 29.1 Å². The average molecular weight is 444 g/mol. The molecule has 1 aliphatic heterocycles. The van der Waals surface area contributed by atoms with Gasteiger partial charge in [0.1, 0.15) is 24.7 Å². The summed E-state index contributed by atoms with van der Waals surface area (Å²) >= 11 is 0. The quantitative estimate of drug-likeness (QED) is 0.172. The Hall–Kier alpha value is -2.73. The summed E-state index contributed by atoms with van der Waals surface area (Å²) in [5, 5.41) is 30.6. The Bertz CT molecular complexity index is 664. The third-order valence-electron chi connectivity index (χ3n) is 4.70. The van der Waals surface area contributed by atoms with Gasteiger partial charge < -0.3 is 36.8 Å². The van der Waals surface area contributed by atoms with E-state index < -0.39 is 55.0 Å². The van der Waals surface area contributed by atoms with Crippen molar-refractivity contribution in [1.29, 1.82) is 0 Å². The Morgan fingerprint density at radius 2 is 1.61 bits per heavy atom. The maximum atomic E-state index is 12.6. The van der Waals surface area contributed by atoms with E-state index in [1.165, 1.54) is 6.92 Å². The minimum Gasteiger partial charge on any atom is -0.480 e. The van der Waals surface area contributed by atoms with Gasteiger partial charge in [-0.25, -0.2) is 0 Å². The fraction of sp³-hybridized carbons (Fsp3) is 0.737. The number of aliphatic hydroxyl groups excluding tert-OH is 1. The molecule has 1 fully saturated rings. The zero-order chi connectivity index (χ0) is 23.6. The third kappa shape index (κ3) is 9.30. The molecule has 1 aliphatic rings. The number of aliphatic hydroxyl groups is 1. The molecule has 0 aliphatic carbocycles. The first-order valence-electron chi connectivity index (χ1n) is 10.3. The minimum atomic E-state index is -1.37. The molecule has 0 aromatic rings. The van der Waals surface area contributed by atoms with Gasteiger partial charge in [0.15, 0.2) is 0 Å². The van der Waals surface area contributed by atoms with Gasteiger partial charge in [0.2, 0.25) is 23.6 Å². The van der Waals surface area contributed by atoms with Crippen LogP contribution < -0.4 is 26.6 Å². The molecule has 0 bridgehead atoms. The standard InChI is InChI=1S/C19H33N5O7/c1-10(2)7-13(19(31)24-14(9-25)17(29)21-8-15(26)27)23-16(28)11(3)22-18(30)12-5-4-6-20-12/h10-14,20,25H,4-9H2,1-3H3,(H,21,29)(H,22,30)(H,23,28)(H,24,31)(H,26,27)/t11-,12-,13-,14-/m0/s1. The van der Waals surface area contributed by atoms with Gasteiger partial charge in [-0.05, 0) is 38.6 Å². The highest BCUT2D eigenvalue weighted by molar-refractivity contribution is 5.95. The van der Waals surface area contributed by atoms with Crippen LogP contribution in [0.25, 0.3) is 0 Å². The second-order valence-electron chi connectivity index (χ2n) is 7.93. The van der Waals surface area contributed by atoms with Crippen LogP contribution in [0, 0.1) is 5.92 Å². The second-order valence-corrected chi connectivity index (χ2v) is 7.93. The highest BCUT2D eigenvalue weighted by atomic mass is 16.4. The molecule has 12 heteroatoms. The number of hydrogen-bond donors (Lipinski definition) is 7. The molecule has 0 saturated carbocycles. The molecular weight excluding hydrogens is 410 g/mol. The van der Waals surface area contributed by atoms with Crippen molar-refractivity contribution in [2.45, 2.75) is 64.2 Å². The van der Waals surface area contributed by atoms with Gasteiger partial charge >= 0.3 is 5.97 Å². The predicted octanol–water partition coefficient (Wildman–Crippen LogP) is -2.55. The lowest BCUT2D eigenvalue weighted by atomic mass is 10.0. The van der Waals surface area contributed by atoms with Crippen LogP contribution in [-0.2, 0) is 24.0 Å². The monoisotopic (exact) mass is 443 g/mol. The van der Waals surface area contributed by atoms with Crippen molar-refractivity contribution in [3.05, 3.63) is 0 Å². The van der Waals surface area contributed by atoms with Gasteiger partial charge in [-0.15, -0.1) is 0 Å². The van der Waals surface area contributed by atoms with Crippen LogP contribution in [0.3, 0.4) is 0 Å². The molecule has 0 radical (unpaired) electrons. The van der Waals surface area contributed by atoms with Crippen molar-refractivity contribution in [2.24, 2.45) is 5.92 Å². The van der Waals surface area contributed by atoms with Gasteiger partial charge in [-0.1, -0.05) is 13.8 Å². The van der Waals surface area contributed by atoms with Crippen LogP contribution >= 0.6 is 0 Å². The Labute approximate surface area is 180 Å². The van der Waals surface area contributed by atoms with E-state index in [0.717, 1.165) is 13.0 Å². The first-order chi connectivity index (χ1) is 14.5. The fourth-order valence-corrected chi connectivity index (χ4v) is 3.04. The summed E-state index contributed by atoms with van der Waals surface area (Å²) in [7, 11) is 0. The summed E-state index contributed by atoms with van der Waals surface area (Å²) < 4.78 is 0. The van der Waals surface area contributed by atoms with E-state index in [-0.39, 0.29) is 24.3 Å². The van der Waals surface area contributed by atoms with Crippen LogP contribution in [-0.4, -0.2) is 83.7 Å². The van der Waals surface area contributed by atoms with E-state index >= 15 is 0 Å². The van der Waals surface area contributed by atoms with Crippen molar-refractivity contribution in [3.8, 4) is 0 Å². The van der Waals surface area contributed by atoms with Gasteiger partial charge in [-0.2, -0.15) is 0 Å². The normalized spacial score (nSPS) is 18.5. The lowest BCUT2D eigenvalue weighted by Crippen LogP contribution is -2.58. The van der Waals surface area contributed by atoms with Crippen LogP contribution in [0.1, 0.15) is 40.0 Å². The number of carbonyl (C=O) groups is 5. The van der Waals surface area contributed by atoms with Crippen molar-refractivity contribution in [2.75, 3.05) is 19.7 Å². The number of nitrogens with one attached hydrogen (secondary N) is 5. The third-order valence-corrected chi connectivity index (χ3v) is 4.70. The SMILES string of the molecule is CC(C)C[C@H](NC(=O)[C@H](C)NC(=O)[C@@H]1CCCN1)C(=O)N[C@@H](CO)C(=O)NCC(=O)O. The molecule has 1 rings (SSSR count). The van der Waals surface area contributed by atoms with Gasteiger partial charge in [-0.3, -0.25) is 24.0 Å². The molecule has 0 aromatic heterocycles. The number of aliphatic carboxylic acids is 1. The van der Waals surface area contributed by atoms with E-state index in [0.29, 0.717) is 6.42 Å². The van der Waals surface area contributed by atoms with Crippen LogP contribution in [0.5, 0.6) is 0 Å². The first-order valence-corrected chi connectivity index (χ1v) is 10.3. The largest absolute Gasteiger partial charge is 0.480 e. The molecule has 0 unspecified atom stereocenters. The smallest absolute Gasteiger partial charge is 0.322 e. The minimum absolute atomic E-state index is 0.0112. The Kier molecular flexibility index (Phi) is 10.9. The predicted molar refractivity (Wildman–Crippen MR) is 110 cm³/mol. The zero-order valence-corrected chi connectivity index (χ0v) is 18.1. The summed E-state index contributed by atoms with van der Waals surface area (Å²) in [5.74, 6) is -3.69. The number of carbonyl (C=O) groups excluding carboxylic acids is 4. The zero-order valence-electron chi connectivity index (χ0n) is 18.1. The van der Waals surface area contributed by atoms with E-state index in [4.69, 9.17) is 5.11 Å². The lowest BCUT2D eigenvalue weighted by molar-refractivity contribution is -0.139. The number of carboxylic acid groups (broad SMARTS) is 1. The molecule has 12 nitrogen and oxygen atoms in total. The number of carboxylic acids is 1. The Morgan fingerprint density at radius 3 is 2.13 bits per heavy atom. The molecule has 0 aromatic carbocycles. The van der Waals surface area contributed by atoms with E-state index in [2.05, 4.69) is 26.6 Å². The summed E-state index contributed by atoms with van der Waals surface area (Å²) in [4.78, 5) is 59.9. The topological polar surface area (TPSA) is 186 Å². The van der Waals surface area contributed by atoms with Crippen LogP contribution in [0.2, 0.25) is 0 Å². The second kappa shape index (κ2) is 12.8. The highest BCUT2D eigenvalue weighted by Crippen LogP contribution is 2.07. The number of hydrogen-bond acceptors (Lipinski definition) is 7. The number of amides is 4. The van der Waals surface area contributed by atoms with Gasteiger partial charge in [0, 0.05) is 0 Å². The maximum Gasteiger partial charge on any atom is 0.322 e. The summed E-state index contributed by atoms with van der Waals surface area (Å²) in [6.07, 6.45) is 1.81. The van der Waals surface area contributed by atoms with Crippen molar-refractivity contribution >= 4 is 29.6 Å². The van der Waals surface area contributed by atoms with Crippen LogP contribution in [0.15, 0.2) is 0 Å². The molecule has 31 heavy (non-hydrogen) atoms. The molecule has 7 N–H and O–H groups in total. The average Bonchev–Trinajstić information content (AvgIpc) is 3.23. The Balaban J connectivity index is 2.71. The van der Waals surface area contributed by atoms with Crippen LogP contribution in [0.4, 0.5) is 0 Å². The Morgan fingerprint density at radius 1 is 0.968 bits per heavy atom. The summed E-state index contributed by atoms with van der Waals surface area (Å²) in [6, 6.07) is -3.62. The molecule has 176 valence electrons. The summed E-state index contributed by atoms with van der Waals surface area (Å²) in [5.41, 5.74) is 0. The van der Waals surface area contributed by atoms with E-state index in [1.54, 1.807) is 0 Å². The fourth-order valence-electron chi connectivity index (χ4n) is 3.04. The van der Waals surface area contributed by atoms with E-state index in [1.807, 2.05) is 13.8 Å². The van der Waals surface area contributed by atoms with Crippen molar-refractivity contribution in [3.63, 3.8) is 0 Å². The van der Waals surface area contributed by atoms with Crippen molar-refractivity contribution < 1.29 is 34.2 Å². The molecule has 1 heterocycles. The first kappa shape index (κ1) is 26.3. The lowest BCUT2D eigenvalue weighted by Gasteiger charge is -2.25. The molecule has 1 saturated heterocycles. The van der Waals surface area contributed by atoms with Gasteiger partial charge in [0.05, 0.1) is 12.6 Å². The van der Waals surface area contributed by atoms with Gasteiger partial charge in [0.25, 0.3) is 0 Å². The molecular formula is C19H33N5O7. The highest BCUT2D eigenvalue weighted by Gasteiger charge is 2.30.